The van der Waals surface area contributed by atoms with Crippen LogP contribution in [0.25, 0.3) is 21.5 Å². The number of fused-ring (bicyclic) bond motifs is 1. The minimum absolute atomic E-state index is 0.00389. The molecule has 0 bridgehead atoms. The molecule has 138 valence electrons. The van der Waals surface area contributed by atoms with Crippen molar-refractivity contribution in [3.05, 3.63) is 93.4 Å². The lowest BCUT2D eigenvalue weighted by atomic mass is 10.1. The highest BCUT2D eigenvalue weighted by atomic mass is 32.1. The molecule has 0 atom stereocenters. The van der Waals surface area contributed by atoms with Gasteiger partial charge in [-0.25, -0.2) is 9.78 Å². The summed E-state index contributed by atoms with van der Waals surface area (Å²) in [6.07, 6.45) is 0. The Labute approximate surface area is 164 Å². The third-order valence-electron chi connectivity index (χ3n) is 4.23. The maximum atomic E-state index is 12.8. The monoisotopic (exact) mass is 390 g/mol. The molecule has 2 heterocycles. The summed E-state index contributed by atoms with van der Waals surface area (Å²) in [4.78, 5) is 28.7. The summed E-state index contributed by atoms with van der Waals surface area (Å²) < 4.78 is 5.46. The van der Waals surface area contributed by atoms with E-state index in [0.29, 0.717) is 11.1 Å². The van der Waals surface area contributed by atoms with Crippen LogP contribution in [0, 0.1) is 10.1 Å². The number of hydrogen-bond donors (Lipinski definition) is 0. The summed E-state index contributed by atoms with van der Waals surface area (Å²) >= 11 is 1.55. The summed E-state index contributed by atoms with van der Waals surface area (Å²) in [6, 6.07) is 19.0. The van der Waals surface area contributed by atoms with Crippen molar-refractivity contribution >= 4 is 33.9 Å². The lowest BCUT2D eigenvalue weighted by Gasteiger charge is -2.09. The fraction of sp³-hybridized carbons (Fsp3) is 0.0476. The summed E-state index contributed by atoms with van der Waals surface area (Å²) in [5.41, 5.74) is 2.55. The zero-order valence-electron chi connectivity index (χ0n) is 14.6. The van der Waals surface area contributed by atoms with Crippen LogP contribution in [0.3, 0.4) is 0 Å². The predicted molar refractivity (Wildman–Crippen MR) is 107 cm³/mol. The number of benzene rings is 2. The highest BCUT2D eigenvalue weighted by molar-refractivity contribution is 7.13. The van der Waals surface area contributed by atoms with E-state index in [1.54, 1.807) is 29.5 Å². The molecule has 7 heteroatoms. The van der Waals surface area contributed by atoms with E-state index < -0.39 is 10.9 Å². The van der Waals surface area contributed by atoms with Crippen LogP contribution < -0.4 is 0 Å². The molecule has 0 aliphatic rings. The Morgan fingerprint density at radius 1 is 1.07 bits per heavy atom. The van der Waals surface area contributed by atoms with Gasteiger partial charge in [0.25, 0.3) is 5.69 Å². The van der Waals surface area contributed by atoms with Gasteiger partial charge in [-0.15, -0.1) is 11.3 Å². The largest absolute Gasteiger partial charge is 0.457 e. The van der Waals surface area contributed by atoms with Crippen LogP contribution in [0.4, 0.5) is 5.69 Å². The first-order valence-corrected chi connectivity index (χ1v) is 9.34. The number of aromatic nitrogens is 1. The molecule has 4 rings (SSSR count). The van der Waals surface area contributed by atoms with E-state index in [-0.39, 0.29) is 12.3 Å². The molecule has 0 fully saturated rings. The summed E-state index contributed by atoms with van der Waals surface area (Å²) in [5, 5.41) is 13.4. The average Bonchev–Trinajstić information content (AvgIpc) is 3.26. The molecule has 4 aromatic rings. The van der Waals surface area contributed by atoms with E-state index in [1.165, 1.54) is 12.1 Å². The van der Waals surface area contributed by atoms with Gasteiger partial charge in [0, 0.05) is 17.5 Å². The Kier molecular flexibility index (Phi) is 4.82. The maximum absolute atomic E-state index is 12.8. The number of carbonyl (C=O) groups excluding carboxylic acids is 1. The quantitative estimate of drug-likeness (QED) is 0.265. The van der Waals surface area contributed by atoms with E-state index >= 15 is 0 Å². The number of nitro benzene ring substituents is 1. The second-order valence-corrected chi connectivity index (χ2v) is 7.00. The van der Waals surface area contributed by atoms with Crippen LogP contribution >= 0.6 is 11.3 Å². The van der Waals surface area contributed by atoms with Crippen LogP contribution in [0.2, 0.25) is 0 Å². The number of carbonyl (C=O) groups is 1. The van der Waals surface area contributed by atoms with Crippen molar-refractivity contribution in [1.82, 2.24) is 4.98 Å². The molecule has 0 saturated carbocycles. The molecular formula is C21H14N2O4S. The number of hydrogen-bond acceptors (Lipinski definition) is 6. The summed E-state index contributed by atoms with van der Waals surface area (Å²) in [5.74, 6) is -0.463. The zero-order chi connectivity index (χ0) is 19.5. The molecule has 2 aromatic heterocycles. The van der Waals surface area contributed by atoms with Gasteiger partial charge in [0.05, 0.1) is 26.6 Å². The second kappa shape index (κ2) is 7.58. The predicted octanol–water partition coefficient (Wildman–Crippen LogP) is 5.23. The normalized spacial score (nSPS) is 10.7. The van der Waals surface area contributed by atoms with Crippen molar-refractivity contribution in [2.45, 2.75) is 6.61 Å². The Balaban J connectivity index is 1.62. The second-order valence-electron chi connectivity index (χ2n) is 6.05. The molecular weight excluding hydrogens is 376 g/mol. The molecule has 0 radical (unpaired) electrons. The van der Waals surface area contributed by atoms with Crippen LogP contribution in [0.5, 0.6) is 0 Å². The fourth-order valence-electron chi connectivity index (χ4n) is 2.84. The molecule has 2 aromatic carbocycles. The van der Waals surface area contributed by atoms with Gasteiger partial charge in [0.2, 0.25) is 0 Å². The Hall–Kier alpha value is -3.58. The Morgan fingerprint density at radius 2 is 1.86 bits per heavy atom. The van der Waals surface area contributed by atoms with E-state index in [0.717, 1.165) is 21.5 Å². The van der Waals surface area contributed by atoms with Crippen LogP contribution in [-0.2, 0) is 11.3 Å². The summed E-state index contributed by atoms with van der Waals surface area (Å²) in [7, 11) is 0. The standard InChI is InChI=1S/C21H14N2O4S/c24-21(27-13-14-7-9-15(10-8-14)23(25)26)17-12-19(20-6-3-11-28-20)22-18-5-2-1-4-16(17)18/h1-12H,13H2. The molecule has 0 amide bonds. The fourth-order valence-corrected chi connectivity index (χ4v) is 3.52. The number of ether oxygens (including phenoxy) is 1. The lowest BCUT2D eigenvalue weighted by Crippen LogP contribution is -2.07. The molecule has 0 spiro atoms. The van der Waals surface area contributed by atoms with Crippen LogP contribution in [0.1, 0.15) is 15.9 Å². The SMILES string of the molecule is O=C(OCc1ccc([N+](=O)[O-])cc1)c1cc(-c2cccs2)nc2ccccc12. The number of thiophene rings is 1. The summed E-state index contributed by atoms with van der Waals surface area (Å²) in [6.45, 7) is 0.0296. The van der Waals surface area contributed by atoms with E-state index in [2.05, 4.69) is 4.98 Å². The molecule has 0 aliphatic heterocycles. The van der Waals surface area contributed by atoms with Crippen molar-refractivity contribution in [2.24, 2.45) is 0 Å². The molecule has 0 saturated heterocycles. The van der Waals surface area contributed by atoms with E-state index in [4.69, 9.17) is 4.74 Å². The smallest absolute Gasteiger partial charge is 0.339 e. The van der Waals surface area contributed by atoms with E-state index in [1.807, 2.05) is 41.8 Å². The first kappa shape index (κ1) is 17.8. The van der Waals surface area contributed by atoms with E-state index in [9.17, 15) is 14.9 Å². The Bertz CT molecular complexity index is 1150. The number of rotatable bonds is 5. The highest BCUT2D eigenvalue weighted by Gasteiger charge is 2.16. The number of nitro groups is 1. The van der Waals surface area contributed by atoms with Gasteiger partial charge < -0.3 is 4.74 Å². The van der Waals surface area contributed by atoms with Gasteiger partial charge >= 0.3 is 5.97 Å². The lowest BCUT2D eigenvalue weighted by molar-refractivity contribution is -0.384. The number of para-hydroxylation sites is 1. The van der Waals surface area contributed by atoms with Gasteiger partial charge in [0.1, 0.15) is 6.61 Å². The number of nitrogens with zero attached hydrogens (tertiary/aromatic N) is 2. The molecule has 28 heavy (non-hydrogen) atoms. The number of pyridine rings is 1. The first-order chi connectivity index (χ1) is 13.6. The van der Waals surface area contributed by atoms with Crippen molar-refractivity contribution in [1.29, 1.82) is 0 Å². The van der Waals surface area contributed by atoms with Crippen LogP contribution in [0.15, 0.2) is 72.1 Å². The van der Waals surface area contributed by atoms with Gasteiger partial charge in [-0.2, -0.15) is 0 Å². The van der Waals surface area contributed by atoms with Gasteiger partial charge in [-0.05, 0) is 41.3 Å². The van der Waals surface area contributed by atoms with Gasteiger partial charge in [-0.1, -0.05) is 24.3 Å². The van der Waals surface area contributed by atoms with Crippen molar-refractivity contribution in [3.8, 4) is 10.6 Å². The van der Waals surface area contributed by atoms with Crippen molar-refractivity contribution in [2.75, 3.05) is 0 Å². The zero-order valence-corrected chi connectivity index (χ0v) is 15.4. The third-order valence-corrected chi connectivity index (χ3v) is 5.12. The number of esters is 1. The molecule has 0 N–H and O–H groups in total. The minimum atomic E-state index is -0.467. The van der Waals surface area contributed by atoms with Crippen LogP contribution in [-0.4, -0.2) is 15.9 Å². The topological polar surface area (TPSA) is 82.3 Å². The number of non-ortho nitro benzene ring substituents is 1. The Morgan fingerprint density at radius 3 is 2.57 bits per heavy atom. The van der Waals surface area contributed by atoms with Crippen molar-refractivity contribution < 1.29 is 14.5 Å². The molecule has 0 unspecified atom stereocenters. The highest BCUT2D eigenvalue weighted by Crippen LogP contribution is 2.28. The molecule has 0 aliphatic carbocycles. The molecule has 6 nitrogen and oxygen atoms in total. The van der Waals surface area contributed by atoms with Gasteiger partial charge in [0.15, 0.2) is 0 Å². The average molecular weight is 390 g/mol. The van der Waals surface area contributed by atoms with Crippen molar-refractivity contribution in [3.63, 3.8) is 0 Å². The maximum Gasteiger partial charge on any atom is 0.339 e. The third kappa shape index (κ3) is 3.60. The van der Waals surface area contributed by atoms with Gasteiger partial charge in [-0.3, -0.25) is 10.1 Å². The minimum Gasteiger partial charge on any atom is -0.457 e. The first-order valence-electron chi connectivity index (χ1n) is 8.46.